The highest BCUT2D eigenvalue weighted by atomic mass is 35.5. The van der Waals surface area contributed by atoms with E-state index in [1.54, 1.807) is 27.1 Å². The number of benzene rings is 1. The van der Waals surface area contributed by atoms with Crippen molar-refractivity contribution in [3.8, 4) is 10.6 Å². The van der Waals surface area contributed by atoms with Crippen LogP contribution in [0.3, 0.4) is 0 Å². The first-order chi connectivity index (χ1) is 15.4. The highest BCUT2D eigenvalue weighted by molar-refractivity contribution is 7.19. The predicted molar refractivity (Wildman–Crippen MR) is 127 cm³/mol. The molecule has 1 amide bonds. The molecule has 3 aromatic heterocycles. The Morgan fingerprint density at radius 3 is 2.75 bits per heavy atom. The Balaban J connectivity index is 1.46. The van der Waals surface area contributed by atoms with Crippen LogP contribution in [0.15, 0.2) is 42.6 Å². The molecule has 1 aliphatic rings. The van der Waals surface area contributed by atoms with Crippen molar-refractivity contribution in [3.63, 3.8) is 0 Å². The fourth-order valence-corrected chi connectivity index (χ4v) is 6.26. The first-order valence-corrected chi connectivity index (χ1v) is 12.4. The van der Waals surface area contributed by atoms with E-state index < -0.39 is 12.1 Å². The van der Waals surface area contributed by atoms with Gasteiger partial charge in [0.05, 0.1) is 37.8 Å². The number of carbonyl (C=O) groups is 1. The van der Waals surface area contributed by atoms with Gasteiger partial charge >= 0.3 is 0 Å². The zero-order chi connectivity index (χ0) is 22.4. The van der Waals surface area contributed by atoms with Gasteiger partial charge in [-0.3, -0.25) is 4.79 Å². The molecule has 0 bridgehead atoms. The third-order valence-electron chi connectivity index (χ3n) is 5.66. The van der Waals surface area contributed by atoms with Crippen molar-refractivity contribution >= 4 is 50.4 Å². The number of hydrogen-bond donors (Lipinski definition) is 1. The Labute approximate surface area is 198 Å². The summed E-state index contributed by atoms with van der Waals surface area (Å²) in [5.74, 6) is -0.0980. The van der Waals surface area contributed by atoms with Crippen LogP contribution >= 0.6 is 34.3 Å². The Morgan fingerprint density at radius 2 is 2.03 bits per heavy atom. The number of rotatable bonds is 5. The van der Waals surface area contributed by atoms with Crippen LogP contribution < -0.4 is 0 Å². The molecule has 0 radical (unpaired) electrons. The fourth-order valence-electron chi connectivity index (χ4n) is 4.18. The molecule has 32 heavy (non-hydrogen) atoms. The second-order valence-corrected chi connectivity index (χ2v) is 11.1. The Kier molecular flexibility index (Phi) is 5.75. The van der Waals surface area contributed by atoms with Crippen LogP contribution in [-0.4, -0.2) is 48.5 Å². The van der Waals surface area contributed by atoms with Crippen molar-refractivity contribution in [2.75, 3.05) is 6.54 Å². The highest BCUT2D eigenvalue weighted by Gasteiger charge is 2.41. The Hall–Kier alpha value is -2.33. The third-order valence-corrected chi connectivity index (χ3v) is 8.05. The van der Waals surface area contributed by atoms with Gasteiger partial charge < -0.3 is 10.0 Å². The van der Waals surface area contributed by atoms with Crippen molar-refractivity contribution in [1.82, 2.24) is 24.9 Å². The van der Waals surface area contributed by atoms with E-state index in [4.69, 9.17) is 16.6 Å². The number of fused-ring (bicyclic) bond motifs is 1. The van der Waals surface area contributed by atoms with Gasteiger partial charge in [0.15, 0.2) is 0 Å². The Morgan fingerprint density at radius 1 is 1.22 bits per heavy atom. The lowest BCUT2D eigenvalue weighted by molar-refractivity contribution is -0.137. The largest absolute Gasteiger partial charge is 0.391 e. The molecule has 0 spiro atoms. The van der Waals surface area contributed by atoms with Gasteiger partial charge in [-0.05, 0) is 30.2 Å². The number of aromatic nitrogens is 4. The minimum atomic E-state index is -0.580. The number of nitrogens with zero attached hydrogens (tertiary/aromatic N) is 5. The molecule has 1 aromatic carbocycles. The first-order valence-electron chi connectivity index (χ1n) is 10.4. The number of hydrogen-bond acceptors (Lipinski definition) is 7. The number of likely N-dealkylation sites (tertiary alicyclic amines) is 1. The van der Waals surface area contributed by atoms with E-state index in [2.05, 4.69) is 10.3 Å². The Bertz CT molecular complexity index is 1230. The van der Waals surface area contributed by atoms with Gasteiger partial charge in [0.2, 0.25) is 5.91 Å². The van der Waals surface area contributed by atoms with Gasteiger partial charge in [-0.25, -0.2) is 9.67 Å². The van der Waals surface area contributed by atoms with Crippen LogP contribution in [0.1, 0.15) is 37.4 Å². The van der Waals surface area contributed by atoms with Crippen molar-refractivity contribution in [1.29, 1.82) is 0 Å². The SMILES string of the molecule is CC(C)C(C(=O)N1C[C@H](O)C[C@H]1c1nc2ccccc2s1)n1cc(-c2ccc(Cl)s2)nn1. The molecule has 1 fully saturated rings. The van der Waals surface area contributed by atoms with Gasteiger partial charge in [-0.2, -0.15) is 0 Å². The zero-order valence-electron chi connectivity index (χ0n) is 17.6. The molecular formula is C22H22ClN5O2S2. The minimum Gasteiger partial charge on any atom is -0.391 e. The average molecular weight is 488 g/mol. The summed E-state index contributed by atoms with van der Waals surface area (Å²) >= 11 is 9.06. The van der Waals surface area contributed by atoms with E-state index in [1.165, 1.54) is 11.3 Å². The monoisotopic (exact) mass is 487 g/mol. The molecule has 0 aliphatic carbocycles. The number of carbonyl (C=O) groups excluding carboxylic acids is 1. The number of β-amino-alcohol motifs (C(OH)–C–C–N with tert-alkyl or cyclic N) is 1. The molecule has 0 saturated carbocycles. The van der Waals surface area contributed by atoms with Crippen LogP contribution in [0.4, 0.5) is 0 Å². The maximum absolute atomic E-state index is 13.8. The van der Waals surface area contributed by atoms with E-state index in [0.717, 1.165) is 20.1 Å². The molecule has 4 heterocycles. The summed E-state index contributed by atoms with van der Waals surface area (Å²) < 4.78 is 3.39. The highest BCUT2D eigenvalue weighted by Crippen LogP contribution is 2.39. The summed E-state index contributed by atoms with van der Waals surface area (Å²) in [6.07, 6.45) is 1.69. The minimum absolute atomic E-state index is 0.0160. The maximum Gasteiger partial charge on any atom is 0.248 e. The van der Waals surface area contributed by atoms with Gasteiger partial charge in [0, 0.05) is 13.0 Å². The van der Waals surface area contributed by atoms with E-state index in [0.29, 0.717) is 16.5 Å². The summed E-state index contributed by atoms with van der Waals surface area (Å²) in [4.78, 5) is 21.2. The fraction of sp³-hybridized carbons (Fsp3) is 0.364. The number of aliphatic hydroxyl groups is 1. The van der Waals surface area contributed by atoms with Gasteiger partial charge in [0.1, 0.15) is 16.7 Å². The van der Waals surface area contributed by atoms with Crippen molar-refractivity contribution in [2.24, 2.45) is 5.92 Å². The van der Waals surface area contributed by atoms with Gasteiger partial charge in [0.25, 0.3) is 0 Å². The number of thiazole rings is 1. The lowest BCUT2D eigenvalue weighted by atomic mass is 10.0. The predicted octanol–water partition coefficient (Wildman–Crippen LogP) is 4.80. The smallest absolute Gasteiger partial charge is 0.248 e. The molecule has 5 rings (SSSR count). The number of aliphatic hydroxyl groups excluding tert-OH is 1. The quantitative estimate of drug-likeness (QED) is 0.437. The summed E-state index contributed by atoms with van der Waals surface area (Å²) in [6, 6.07) is 10.9. The molecule has 166 valence electrons. The summed E-state index contributed by atoms with van der Waals surface area (Å²) in [7, 11) is 0. The average Bonchev–Trinajstić information content (AvgIpc) is 3.52. The van der Waals surface area contributed by atoms with Crippen molar-refractivity contribution in [2.45, 2.75) is 38.5 Å². The first kappa shape index (κ1) is 21.5. The van der Waals surface area contributed by atoms with Crippen LogP contribution in [-0.2, 0) is 4.79 Å². The normalized spacial score (nSPS) is 19.8. The molecule has 7 nitrogen and oxygen atoms in total. The van der Waals surface area contributed by atoms with Crippen LogP contribution in [0.2, 0.25) is 4.34 Å². The number of para-hydroxylation sites is 1. The van der Waals surface area contributed by atoms with E-state index in [-0.39, 0.29) is 24.4 Å². The molecule has 1 unspecified atom stereocenters. The number of halogens is 1. The number of amides is 1. The van der Waals surface area contributed by atoms with E-state index in [9.17, 15) is 9.90 Å². The lowest BCUT2D eigenvalue weighted by Crippen LogP contribution is -2.40. The summed E-state index contributed by atoms with van der Waals surface area (Å²) in [5.41, 5.74) is 1.60. The van der Waals surface area contributed by atoms with Crippen molar-refractivity contribution in [3.05, 3.63) is 51.9 Å². The molecule has 1 saturated heterocycles. The van der Waals surface area contributed by atoms with E-state index >= 15 is 0 Å². The zero-order valence-corrected chi connectivity index (χ0v) is 19.9. The second-order valence-electron chi connectivity index (χ2n) is 8.29. The van der Waals surface area contributed by atoms with Crippen molar-refractivity contribution < 1.29 is 9.90 Å². The lowest BCUT2D eigenvalue weighted by Gasteiger charge is -2.29. The molecule has 10 heteroatoms. The second kappa shape index (κ2) is 8.55. The topological polar surface area (TPSA) is 84.1 Å². The molecule has 1 aliphatic heterocycles. The molecular weight excluding hydrogens is 466 g/mol. The van der Waals surface area contributed by atoms with Gasteiger partial charge in [-0.15, -0.1) is 27.8 Å². The van der Waals surface area contributed by atoms with Gasteiger partial charge in [-0.1, -0.05) is 42.8 Å². The summed E-state index contributed by atoms with van der Waals surface area (Å²) in [5, 5.41) is 19.8. The van der Waals surface area contributed by atoms with Crippen LogP contribution in [0.25, 0.3) is 20.8 Å². The standard InChI is InChI=1S/C22H22ClN5O2S2/c1-12(2)20(28-11-15(25-26-28)18-7-8-19(23)31-18)22(30)27-10-13(29)9-16(27)21-24-14-5-3-4-6-17(14)32-21/h3-8,11-13,16,20,29H,9-10H2,1-2H3/t13-,16+,20?/m1/s1. The molecule has 4 aromatic rings. The molecule has 3 atom stereocenters. The van der Waals surface area contributed by atoms with Crippen LogP contribution in [0, 0.1) is 5.92 Å². The number of thiophene rings is 1. The molecule has 1 N–H and O–H groups in total. The van der Waals surface area contributed by atoms with E-state index in [1.807, 2.05) is 50.2 Å². The third kappa shape index (κ3) is 3.94. The van der Waals surface area contributed by atoms with Crippen LogP contribution in [0.5, 0.6) is 0 Å². The summed E-state index contributed by atoms with van der Waals surface area (Å²) in [6.45, 7) is 4.26. The maximum atomic E-state index is 13.8.